The number of carbonyl (C=O) groups is 1. The number of hydrogen-bond donors (Lipinski definition) is 1. The number of ether oxygens (including phenoxy) is 1. The Kier molecular flexibility index (Phi) is 5.22. The summed E-state index contributed by atoms with van der Waals surface area (Å²) in [5.74, 6) is -1.78. The van der Waals surface area contributed by atoms with E-state index < -0.39 is 41.9 Å². The molecule has 0 saturated heterocycles. The molecule has 3 nitrogen and oxygen atoms in total. The highest BCUT2D eigenvalue weighted by molar-refractivity contribution is 5.81. The van der Waals surface area contributed by atoms with Crippen LogP contribution in [-0.4, -0.2) is 23.3 Å². The Hall–Kier alpha value is -1.63. The van der Waals surface area contributed by atoms with Gasteiger partial charge >= 0.3 is 12.1 Å². The molecular weight excluding hydrogens is 302 g/mol. The molecule has 1 atom stereocenters. The molecule has 124 valence electrons. The van der Waals surface area contributed by atoms with E-state index in [-0.39, 0.29) is 5.56 Å². The van der Waals surface area contributed by atoms with Crippen molar-refractivity contribution in [3.8, 4) is 0 Å². The number of rotatable bonds is 4. The van der Waals surface area contributed by atoms with Crippen molar-refractivity contribution < 1.29 is 27.1 Å². The second-order valence-electron chi connectivity index (χ2n) is 6.26. The van der Waals surface area contributed by atoms with E-state index in [1.807, 2.05) is 0 Å². The van der Waals surface area contributed by atoms with Crippen LogP contribution in [0.3, 0.4) is 0 Å². The predicted molar refractivity (Wildman–Crippen MR) is 73.5 cm³/mol. The Bertz CT molecular complexity index is 537. The Morgan fingerprint density at radius 2 is 1.82 bits per heavy atom. The molecule has 0 aliphatic heterocycles. The van der Waals surface area contributed by atoms with E-state index in [2.05, 4.69) is 0 Å². The summed E-state index contributed by atoms with van der Waals surface area (Å²) in [6.07, 6.45) is -6.68. The topological polar surface area (TPSA) is 52.3 Å². The summed E-state index contributed by atoms with van der Waals surface area (Å²) in [5, 5.41) is 0. The van der Waals surface area contributed by atoms with Gasteiger partial charge in [-0.2, -0.15) is 13.2 Å². The SMILES string of the molecule is CC(C)(C)OC(=O)[C@@](N)(Cc1cccc(F)c1)CC(F)(F)F. The lowest BCUT2D eigenvalue weighted by Gasteiger charge is -2.32. The highest BCUT2D eigenvalue weighted by Gasteiger charge is 2.47. The van der Waals surface area contributed by atoms with Crippen molar-refractivity contribution in [2.75, 3.05) is 0 Å². The fourth-order valence-corrected chi connectivity index (χ4v) is 1.96. The molecular formula is C15H19F4NO2. The number of hydrogen-bond acceptors (Lipinski definition) is 3. The van der Waals surface area contributed by atoms with Crippen LogP contribution in [-0.2, 0) is 16.0 Å². The number of esters is 1. The van der Waals surface area contributed by atoms with E-state index in [1.54, 1.807) is 0 Å². The molecule has 0 aliphatic carbocycles. The van der Waals surface area contributed by atoms with Crippen molar-refractivity contribution in [1.29, 1.82) is 0 Å². The minimum absolute atomic E-state index is 0.192. The van der Waals surface area contributed by atoms with E-state index in [9.17, 15) is 22.4 Å². The van der Waals surface area contributed by atoms with Crippen LogP contribution in [0, 0.1) is 5.82 Å². The van der Waals surface area contributed by atoms with Gasteiger partial charge in [0.2, 0.25) is 0 Å². The van der Waals surface area contributed by atoms with Gasteiger partial charge < -0.3 is 10.5 Å². The van der Waals surface area contributed by atoms with Gasteiger partial charge in [0.25, 0.3) is 0 Å². The van der Waals surface area contributed by atoms with Gasteiger partial charge in [-0.25, -0.2) is 4.39 Å². The lowest BCUT2D eigenvalue weighted by atomic mass is 9.88. The molecule has 0 unspecified atom stereocenters. The van der Waals surface area contributed by atoms with Crippen LogP contribution >= 0.6 is 0 Å². The third-order valence-corrected chi connectivity index (χ3v) is 2.73. The van der Waals surface area contributed by atoms with E-state index in [1.165, 1.54) is 32.9 Å². The van der Waals surface area contributed by atoms with Crippen LogP contribution in [0.25, 0.3) is 0 Å². The first-order valence-electron chi connectivity index (χ1n) is 6.64. The van der Waals surface area contributed by atoms with Crippen LogP contribution in [0.1, 0.15) is 32.8 Å². The minimum atomic E-state index is -4.65. The first kappa shape index (κ1) is 18.4. The summed E-state index contributed by atoms with van der Waals surface area (Å²) in [6.45, 7) is 4.59. The summed E-state index contributed by atoms with van der Waals surface area (Å²) in [7, 11) is 0. The quantitative estimate of drug-likeness (QED) is 0.683. The fourth-order valence-electron chi connectivity index (χ4n) is 1.96. The van der Waals surface area contributed by atoms with Crippen LogP contribution in [0.2, 0.25) is 0 Å². The summed E-state index contributed by atoms with van der Waals surface area (Å²) in [6, 6.07) is 4.94. The Balaban J connectivity index is 3.08. The second-order valence-corrected chi connectivity index (χ2v) is 6.26. The van der Waals surface area contributed by atoms with E-state index in [4.69, 9.17) is 10.5 Å². The predicted octanol–water partition coefficient (Wildman–Crippen LogP) is 3.36. The van der Waals surface area contributed by atoms with Crippen LogP contribution in [0.5, 0.6) is 0 Å². The Morgan fingerprint density at radius 1 is 1.23 bits per heavy atom. The molecule has 1 rings (SSSR count). The monoisotopic (exact) mass is 321 g/mol. The molecule has 0 heterocycles. The van der Waals surface area contributed by atoms with Gasteiger partial charge in [-0.3, -0.25) is 4.79 Å². The Labute approximate surface area is 126 Å². The maximum Gasteiger partial charge on any atom is 0.391 e. The zero-order valence-electron chi connectivity index (χ0n) is 12.6. The lowest BCUT2D eigenvalue weighted by molar-refractivity contribution is -0.179. The minimum Gasteiger partial charge on any atom is -0.459 e. The molecule has 22 heavy (non-hydrogen) atoms. The summed E-state index contributed by atoms with van der Waals surface area (Å²) in [5.41, 5.74) is 2.61. The molecule has 0 radical (unpaired) electrons. The molecule has 0 bridgehead atoms. The number of nitrogens with two attached hydrogens (primary N) is 1. The maximum absolute atomic E-state index is 13.2. The molecule has 0 aromatic heterocycles. The third kappa shape index (κ3) is 6.01. The van der Waals surface area contributed by atoms with Crippen molar-refractivity contribution >= 4 is 5.97 Å². The molecule has 0 amide bonds. The van der Waals surface area contributed by atoms with Gasteiger partial charge in [0.05, 0.1) is 6.42 Å². The van der Waals surface area contributed by atoms with Gasteiger partial charge in [-0.15, -0.1) is 0 Å². The van der Waals surface area contributed by atoms with E-state index in [0.717, 1.165) is 12.1 Å². The molecule has 0 fully saturated rings. The average Bonchev–Trinajstić information content (AvgIpc) is 2.23. The number of halogens is 4. The highest BCUT2D eigenvalue weighted by Crippen LogP contribution is 2.30. The van der Waals surface area contributed by atoms with Gasteiger partial charge in [-0.1, -0.05) is 12.1 Å². The van der Waals surface area contributed by atoms with Gasteiger partial charge in [-0.05, 0) is 38.5 Å². The summed E-state index contributed by atoms with van der Waals surface area (Å²) in [4.78, 5) is 12.1. The van der Waals surface area contributed by atoms with Crippen LogP contribution < -0.4 is 5.73 Å². The first-order chi connectivity index (χ1) is 9.81. The highest BCUT2D eigenvalue weighted by atomic mass is 19.4. The second kappa shape index (κ2) is 6.24. The molecule has 2 N–H and O–H groups in total. The largest absolute Gasteiger partial charge is 0.459 e. The normalized spacial score (nSPS) is 15.3. The van der Waals surface area contributed by atoms with Crippen molar-refractivity contribution in [2.45, 2.75) is 50.9 Å². The Morgan fingerprint density at radius 3 is 2.27 bits per heavy atom. The van der Waals surface area contributed by atoms with Crippen LogP contribution in [0.4, 0.5) is 17.6 Å². The number of alkyl halides is 3. The standard InChI is InChI=1S/C15H19F4NO2/c1-13(2,3)22-12(21)14(20,9-15(17,18)19)8-10-5-4-6-11(16)7-10/h4-7H,8-9,20H2,1-3H3/t14-/m1/s1. The van der Waals surface area contributed by atoms with Gasteiger partial charge in [0.15, 0.2) is 0 Å². The van der Waals surface area contributed by atoms with Gasteiger partial charge in [0, 0.05) is 6.42 Å². The third-order valence-electron chi connectivity index (χ3n) is 2.73. The average molecular weight is 321 g/mol. The maximum atomic E-state index is 13.2. The zero-order valence-corrected chi connectivity index (χ0v) is 12.6. The zero-order chi connectivity index (χ0) is 17.2. The molecule has 0 spiro atoms. The van der Waals surface area contributed by atoms with E-state index in [0.29, 0.717) is 0 Å². The molecule has 0 aliphatic rings. The lowest BCUT2D eigenvalue weighted by Crippen LogP contribution is -2.55. The molecule has 1 aromatic carbocycles. The summed E-state index contributed by atoms with van der Waals surface area (Å²) < 4.78 is 56.5. The van der Waals surface area contributed by atoms with Crippen molar-refractivity contribution in [3.63, 3.8) is 0 Å². The van der Waals surface area contributed by atoms with Crippen LogP contribution in [0.15, 0.2) is 24.3 Å². The summed E-state index contributed by atoms with van der Waals surface area (Å²) >= 11 is 0. The van der Waals surface area contributed by atoms with Crippen molar-refractivity contribution in [2.24, 2.45) is 5.73 Å². The van der Waals surface area contributed by atoms with Crippen molar-refractivity contribution in [3.05, 3.63) is 35.6 Å². The molecule has 1 aromatic rings. The first-order valence-corrected chi connectivity index (χ1v) is 6.64. The fraction of sp³-hybridized carbons (Fsp3) is 0.533. The van der Waals surface area contributed by atoms with Crippen molar-refractivity contribution in [1.82, 2.24) is 0 Å². The number of benzene rings is 1. The van der Waals surface area contributed by atoms with Gasteiger partial charge in [0.1, 0.15) is 17.0 Å². The van der Waals surface area contributed by atoms with E-state index >= 15 is 0 Å². The molecule has 7 heteroatoms. The molecule has 0 saturated carbocycles. The smallest absolute Gasteiger partial charge is 0.391 e. The number of carbonyl (C=O) groups excluding carboxylic acids is 1.